The second-order valence-electron chi connectivity index (χ2n) is 3.55. The van der Waals surface area contributed by atoms with Crippen LogP contribution in [0.1, 0.15) is 19.8 Å². The van der Waals surface area contributed by atoms with Crippen LogP contribution in [0.15, 0.2) is 12.4 Å². The van der Waals surface area contributed by atoms with Crippen LogP contribution < -0.4 is 5.32 Å². The van der Waals surface area contributed by atoms with Gasteiger partial charge in [0.15, 0.2) is 0 Å². The van der Waals surface area contributed by atoms with Crippen molar-refractivity contribution in [2.75, 3.05) is 5.32 Å². The fourth-order valence-corrected chi connectivity index (χ4v) is 1.42. The first-order valence-corrected chi connectivity index (χ1v) is 4.71. The molecule has 0 atom stereocenters. The molecule has 14 heavy (non-hydrogen) atoms. The first-order valence-electron chi connectivity index (χ1n) is 4.71. The standard InChI is InChI=1S/C9H13N3O2/c1-2-12-6-5-10-8(12)11-9(3-4-9)7(13)14/h5-6H,2-4H2,1H3,(H,10,11)(H,13,14). The number of nitrogens with one attached hydrogen (secondary N) is 1. The van der Waals surface area contributed by atoms with Crippen molar-refractivity contribution in [2.45, 2.75) is 31.8 Å². The number of anilines is 1. The largest absolute Gasteiger partial charge is 0.480 e. The summed E-state index contributed by atoms with van der Waals surface area (Å²) in [7, 11) is 0. The van der Waals surface area contributed by atoms with Crippen LogP contribution in [0, 0.1) is 0 Å². The van der Waals surface area contributed by atoms with Gasteiger partial charge in [-0.25, -0.2) is 9.78 Å². The number of carbonyl (C=O) groups is 1. The van der Waals surface area contributed by atoms with Crippen LogP contribution in [-0.4, -0.2) is 26.2 Å². The minimum Gasteiger partial charge on any atom is -0.480 e. The Morgan fingerprint density at radius 3 is 3.00 bits per heavy atom. The summed E-state index contributed by atoms with van der Waals surface area (Å²) in [5.74, 6) is -0.143. The van der Waals surface area contributed by atoms with Crippen molar-refractivity contribution in [3.8, 4) is 0 Å². The van der Waals surface area contributed by atoms with Crippen molar-refractivity contribution < 1.29 is 9.90 Å². The number of hydrogen-bond donors (Lipinski definition) is 2. The molecule has 1 aromatic heterocycles. The minimum absolute atomic E-state index is 0.646. The van der Waals surface area contributed by atoms with E-state index in [0.29, 0.717) is 18.8 Å². The van der Waals surface area contributed by atoms with Gasteiger partial charge in [0.1, 0.15) is 5.54 Å². The average Bonchev–Trinajstić information content (AvgIpc) is 2.79. The van der Waals surface area contributed by atoms with Crippen molar-refractivity contribution >= 4 is 11.9 Å². The Balaban J connectivity index is 2.15. The summed E-state index contributed by atoms with van der Waals surface area (Å²) < 4.78 is 1.89. The molecule has 2 N–H and O–H groups in total. The van der Waals surface area contributed by atoms with Gasteiger partial charge in [-0.1, -0.05) is 0 Å². The van der Waals surface area contributed by atoms with E-state index in [1.807, 2.05) is 17.7 Å². The highest BCUT2D eigenvalue weighted by Crippen LogP contribution is 2.38. The van der Waals surface area contributed by atoms with E-state index < -0.39 is 11.5 Å². The molecule has 0 saturated heterocycles. The molecule has 1 heterocycles. The van der Waals surface area contributed by atoms with Crippen LogP contribution in [0.2, 0.25) is 0 Å². The van der Waals surface area contributed by atoms with Crippen LogP contribution >= 0.6 is 0 Å². The average molecular weight is 195 g/mol. The van der Waals surface area contributed by atoms with Gasteiger partial charge >= 0.3 is 5.97 Å². The van der Waals surface area contributed by atoms with E-state index in [0.717, 1.165) is 6.54 Å². The summed E-state index contributed by atoms with van der Waals surface area (Å²) >= 11 is 0. The molecular weight excluding hydrogens is 182 g/mol. The molecule has 1 aliphatic rings. The zero-order chi connectivity index (χ0) is 10.2. The van der Waals surface area contributed by atoms with E-state index in [1.54, 1.807) is 6.20 Å². The lowest BCUT2D eigenvalue weighted by molar-refractivity contribution is -0.138. The van der Waals surface area contributed by atoms with E-state index in [9.17, 15) is 4.79 Å². The summed E-state index contributed by atoms with van der Waals surface area (Å²) in [6.07, 6.45) is 4.86. The summed E-state index contributed by atoms with van der Waals surface area (Å²) in [6.45, 7) is 2.78. The predicted octanol–water partition coefficient (Wildman–Crippen LogP) is 0.932. The van der Waals surface area contributed by atoms with E-state index in [1.165, 1.54) is 0 Å². The molecular formula is C9H13N3O2. The van der Waals surface area contributed by atoms with Crippen molar-refractivity contribution in [1.29, 1.82) is 0 Å². The summed E-state index contributed by atoms with van der Waals surface area (Å²) in [5.41, 5.74) is -0.752. The lowest BCUT2D eigenvalue weighted by Crippen LogP contribution is -2.32. The van der Waals surface area contributed by atoms with E-state index in [-0.39, 0.29) is 0 Å². The Labute approximate surface area is 81.8 Å². The highest BCUT2D eigenvalue weighted by atomic mass is 16.4. The molecule has 0 spiro atoms. The van der Waals surface area contributed by atoms with Gasteiger partial charge in [0.05, 0.1) is 0 Å². The molecule has 2 rings (SSSR count). The molecule has 76 valence electrons. The lowest BCUT2D eigenvalue weighted by Gasteiger charge is -2.13. The zero-order valence-corrected chi connectivity index (χ0v) is 8.03. The Morgan fingerprint density at radius 1 is 1.79 bits per heavy atom. The molecule has 1 saturated carbocycles. The maximum atomic E-state index is 10.9. The summed E-state index contributed by atoms with van der Waals surface area (Å²) in [6, 6.07) is 0. The monoisotopic (exact) mass is 195 g/mol. The van der Waals surface area contributed by atoms with Crippen LogP contribution in [0.5, 0.6) is 0 Å². The van der Waals surface area contributed by atoms with Gasteiger partial charge in [-0.15, -0.1) is 0 Å². The van der Waals surface area contributed by atoms with Crippen LogP contribution in [-0.2, 0) is 11.3 Å². The molecule has 0 radical (unpaired) electrons. The van der Waals surface area contributed by atoms with Crippen molar-refractivity contribution in [3.05, 3.63) is 12.4 Å². The first-order chi connectivity index (χ1) is 6.68. The molecule has 5 nitrogen and oxygen atoms in total. The number of rotatable bonds is 4. The number of imidazole rings is 1. The molecule has 0 bridgehead atoms. The third-order valence-corrected chi connectivity index (χ3v) is 2.57. The number of hydrogen-bond acceptors (Lipinski definition) is 3. The third-order valence-electron chi connectivity index (χ3n) is 2.57. The number of carboxylic acid groups (broad SMARTS) is 1. The number of aryl methyl sites for hydroxylation is 1. The number of nitrogens with zero attached hydrogens (tertiary/aromatic N) is 2. The smallest absolute Gasteiger partial charge is 0.329 e. The van der Waals surface area contributed by atoms with Gasteiger partial charge in [0.2, 0.25) is 5.95 Å². The minimum atomic E-state index is -0.789. The van der Waals surface area contributed by atoms with Crippen LogP contribution in [0.4, 0.5) is 5.95 Å². The van der Waals surface area contributed by atoms with E-state index in [4.69, 9.17) is 5.11 Å². The second kappa shape index (κ2) is 3.01. The predicted molar refractivity (Wildman–Crippen MR) is 51.1 cm³/mol. The fourth-order valence-electron chi connectivity index (χ4n) is 1.42. The van der Waals surface area contributed by atoms with E-state index in [2.05, 4.69) is 10.3 Å². The normalized spacial score (nSPS) is 17.8. The van der Waals surface area contributed by atoms with Crippen molar-refractivity contribution in [3.63, 3.8) is 0 Å². The van der Waals surface area contributed by atoms with Gasteiger partial charge in [-0.05, 0) is 19.8 Å². The van der Waals surface area contributed by atoms with Gasteiger partial charge in [-0.3, -0.25) is 0 Å². The second-order valence-corrected chi connectivity index (χ2v) is 3.55. The number of carboxylic acids is 1. The molecule has 1 fully saturated rings. The lowest BCUT2D eigenvalue weighted by atomic mass is 10.3. The van der Waals surface area contributed by atoms with E-state index >= 15 is 0 Å². The fraction of sp³-hybridized carbons (Fsp3) is 0.556. The molecule has 0 aliphatic heterocycles. The molecule has 5 heteroatoms. The maximum Gasteiger partial charge on any atom is 0.329 e. The highest BCUT2D eigenvalue weighted by molar-refractivity contribution is 5.85. The van der Waals surface area contributed by atoms with Crippen LogP contribution in [0.25, 0.3) is 0 Å². The van der Waals surface area contributed by atoms with Crippen molar-refractivity contribution in [2.24, 2.45) is 0 Å². The summed E-state index contributed by atoms with van der Waals surface area (Å²) in [5, 5.41) is 11.9. The Morgan fingerprint density at radius 2 is 2.50 bits per heavy atom. The topological polar surface area (TPSA) is 67.2 Å². The molecule has 0 unspecified atom stereocenters. The van der Waals surface area contributed by atoms with Crippen LogP contribution in [0.3, 0.4) is 0 Å². The van der Waals surface area contributed by atoms with Crippen molar-refractivity contribution in [1.82, 2.24) is 9.55 Å². The third kappa shape index (κ3) is 1.34. The zero-order valence-electron chi connectivity index (χ0n) is 8.03. The first kappa shape index (κ1) is 9.05. The Kier molecular flexibility index (Phi) is 1.94. The molecule has 0 amide bonds. The molecule has 1 aromatic rings. The van der Waals surface area contributed by atoms with Gasteiger partial charge in [0.25, 0.3) is 0 Å². The Bertz CT molecular complexity index is 355. The van der Waals surface area contributed by atoms with Gasteiger partial charge < -0.3 is 15.0 Å². The van der Waals surface area contributed by atoms with Gasteiger partial charge in [0, 0.05) is 18.9 Å². The van der Waals surface area contributed by atoms with Gasteiger partial charge in [-0.2, -0.15) is 0 Å². The highest BCUT2D eigenvalue weighted by Gasteiger charge is 2.51. The molecule has 0 aromatic carbocycles. The number of aromatic nitrogens is 2. The number of aliphatic carboxylic acids is 1. The summed E-state index contributed by atoms with van der Waals surface area (Å²) in [4.78, 5) is 15.0. The maximum absolute atomic E-state index is 10.9. The quantitative estimate of drug-likeness (QED) is 0.750. The molecule has 1 aliphatic carbocycles. The Hall–Kier alpha value is -1.52. The SMILES string of the molecule is CCn1ccnc1NC1(C(=O)O)CC1.